The maximum atomic E-state index is 13.0. The normalized spacial score (nSPS) is 23.2. The van der Waals surface area contributed by atoms with E-state index < -0.39 is 10.8 Å². The average molecular weight is 372 g/mol. The molecule has 120 valence electrons. The summed E-state index contributed by atoms with van der Waals surface area (Å²) < 4.78 is 51.1. The van der Waals surface area contributed by atoms with Crippen molar-refractivity contribution in [3.8, 4) is 0 Å². The van der Waals surface area contributed by atoms with E-state index in [0.717, 1.165) is 24.6 Å². The zero-order chi connectivity index (χ0) is 16.1. The van der Waals surface area contributed by atoms with Crippen LogP contribution in [0.4, 0.5) is 17.6 Å². The molecule has 2 atom stereocenters. The first-order valence-electron chi connectivity index (χ1n) is 6.62. The third-order valence-corrected chi connectivity index (χ3v) is 3.85. The Kier molecular flexibility index (Phi) is 6.43. The summed E-state index contributed by atoms with van der Waals surface area (Å²) in [4.78, 5) is 1.03. The van der Waals surface area contributed by atoms with Crippen molar-refractivity contribution in [3.05, 3.63) is 24.8 Å². The van der Waals surface area contributed by atoms with Crippen LogP contribution in [-0.2, 0) is 4.84 Å². The molecule has 0 aliphatic carbocycles. The highest BCUT2D eigenvalue weighted by atomic mass is 79.9. The second kappa shape index (κ2) is 7.42. The van der Waals surface area contributed by atoms with Crippen LogP contribution in [0.1, 0.15) is 32.6 Å². The molecule has 0 aromatic carbocycles. The number of nitrogens with zero attached hydrogens (tertiary/aromatic N) is 1. The van der Waals surface area contributed by atoms with Crippen molar-refractivity contribution in [1.82, 2.24) is 0 Å². The van der Waals surface area contributed by atoms with Crippen molar-refractivity contribution >= 4 is 21.6 Å². The van der Waals surface area contributed by atoms with Gasteiger partial charge in [-0.05, 0) is 54.6 Å². The minimum atomic E-state index is -4.24. The smallest absolute Gasteiger partial charge is 0.367 e. The minimum absolute atomic E-state index is 0.0210. The van der Waals surface area contributed by atoms with Gasteiger partial charge in [0.05, 0.1) is 5.71 Å². The molecule has 7 heteroatoms. The van der Waals surface area contributed by atoms with Gasteiger partial charge < -0.3 is 4.84 Å². The van der Waals surface area contributed by atoms with E-state index in [4.69, 9.17) is 4.84 Å². The summed E-state index contributed by atoms with van der Waals surface area (Å²) in [5.74, 6) is -4.18. The molecule has 0 fully saturated rings. The maximum absolute atomic E-state index is 13.0. The van der Waals surface area contributed by atoms with Crippen LogP contribution in [0.3, 0.4) is 0 Å². The fourth-order valence-corrected chi connectivity index (χ4v) is 2.23. The number of alkyl halides is 5. The van der Waals surface area contributed by atoms with Gasteiger partial charge in [-0.2, -0.15) is 17.6 Å². The monoisotopic (exact) mass is 371 g/mol. The van der Waals surface area contributed by atoms with E-state index in [1.54, 1.807) is 22.0 Å². The molecule has 1 aliphatic rings. The first-order chi connectivity index (χ1) is 9.69. The van der Waals surface area contributed by atoms with Gasteiger partial charge >= 0.3 is 10.8 Å². The Bertz CT molecular complexity index is 418. The molecule has 0 aromatic heterocycles. The van der Waals surface area contributed by atoms with Crippen LogP contribution < -0.4 is 0 Å². The highest BCUT2D eigenvalue weighted by Gasteiger charge is 2.52. The van der Waals surface area contributed by atoms with Crippen LogP contribution in [0.15, 0.2) is 30.0 Å². The SMILES string of the molecule is C=CCC[C@@H]1ON=C(C)[C@@H]1CC/C=C/C(F)(F)C(F)(F)Br. The first kappa shape index (κ1) is 18.2. The number of hydrogen-bond acceptors (Lipinski definition) is 2. The van der Waals surface area contributed by atoms with Gasteiger partial charge in [0.2, 0.25) is 0 Å². The molecule has 0 spiro atoms. The maximum Gasteiger partial charge on any atom is 0.367 e. The minimum Gasteiger partial charge on any atom is -0.392 e. The molecule has 0 saturated carbocycles. The van der Waals surface area contributed by atoms with Crippen LogP contribution in [0.5, 0.6) is 0 Å². The van der Waals surface area contributed by atoms with E-state index >= 15 is 0 Å². The molecular formula is C14H18BrF4NO. The molecular weight excluding hydrogens is 354 g/mol. The van der Waals surface area contributed by atoms with E-state index in [1.165, 1.54) is 0 Å². The zero-order valence-electron chi connectivity index (χ0n) is 11.7. The van der Waals surface area contributed by atoms with Gasteiger partial charge in [0.15, 0.2) is 0 Å². The molecule has 0 bridgehead atoms. The summed E-state index contributed by atoms with van der Waals surface area (Å²) >= 11 is 1.68. The van der Waals surface area contributed by atoms with Crippen LogP contribution in [0.25, 0.3) is 0 Å². The second-order valence-electron chi connectivity index (χ2n) is 4.95. The lowest BCUT2D eigenvalue weighted by Crippen LogP contribution is -2.32. The van der Waals surface area contributed by atoms with Gasteiger partial charge in [-0.1, -0.05) is 17.3 Å². The van der Waals surface area contributed by atoms with Crippen molar-refractivity contribution < 1.29 is 22.4 Å². The molecule has 0 aromatic rings. The van der Waals surface area contributed by atoms with Crippen LogP contribution in [0, 0.1) is 5.92 Å². The quantitative estimate of drug-likeness (QED) is 0.322. The molecule has 1 rings (SSSR count). The fraction of sp³-hybridized carbons (Fsp3) is 0.643. The van der Waals surface area contributed by atoms with Crippen molar-refractivity contribution in [2.75, 3.05) is 0 Å². The molecule has 21 heavy (non-hydrogen) atoms. The topological polar surface area (TPSA) is 21.6 Å². The van der Waals surface area contributed by atoms with Gasteiger partial charge in [-0.3, -0.25) is 0 Å². The molecule has 2 nitrogen and oxygen atoms in total. The number of hydrogen-bond donors (Lipinski definition) is 0. The van der Waals surface area contributed by atoms with Gasteiger partial charge in [-0.25, -0.2) is 0 Å². The molecule has 0 saturated heterocycles. The molecule has 1 heterocycles. The zero-order valence-corrected chi connectivity index (χ0v) is 13.3. The summed E-state index contributed by atoms with van der Waals surface area (Å²) in [6, 6.07) is 0. The Labute approximate surface area is 130 Å². The molecule has 1 aliphatic heterocycles. The van der Waals surface area contributed by atoms with Crippen molar-refractivity contribution in [3.63, 3.8) is 0 Å². The third kappa shape index (κ3) is 5.13. The molecule has 0 amide bonds. The third-order valence-electron chi connectivity index (χ3n) is 3.32. The van der Waals surface area contributed by atoms with E-state index in [1.807, 2.05) is 6.92 Å². The summed E-state index contributed by atoms with van der Waals surface area (Å²) in [6.07, 6.45) is 5.28. The number of oxime groups is 1. The highest BCUT2D eigenvalue weighted by molar-refractivity contribution is 9.10. The van der Waals surface area contributed by atoms with E-state index in [-0.39, 0.29) is 24.5 Å². The Morgan fingerprint density at radius 1 is 1.29 bits per heavy atom. The van der Waals surface area contributed by atoms with Gasteiger partial charge in [0.25, 0.3) is 0 Å². The highest BCUT2D eigenvalue weighted by Crippen LogP contribution is 2.40. The number of halogens is 5. The van der Waals surface area contributed by atoms with Crippen molar-refractivity contribution in [2.24, 2.45) is 11.1 Å². The lowest BCUT2D eigenvalue weighted by atomic mass is 9.90. The Morgan fingerprint density at radius 2 is 1.95 bits per heavy atom. The summed E-state index contributed by atoms with van der Waals surface area (Å²) in [5, 5.41) is 3.90. The number of allylic oxidation sites excluding steroid dienone is 3. The molecule has 0 radical (unpaired) electrons. The van der Waals surface area contributed by atoms with Gasteiger partial charge in [-0.15, -0.1) is 6.58 Å². The predicted octanol–water partition coefficient (Wildman–Crippen LogP) is 5.30. The first-order valence-corrected chi connectivity index (χ1v) is 7.42. The lowest BCUT2D eigenvalue weighted by Gasteiger charge is -2.18. The lowest BCUT2D eigenvalue weighted by molar-refractivity contribution is -0.111. The van der Waals surface area contributed by atoms with Crippen molar-refractivity contribution in [1.29, 1.82) is 0 Å². The van der Waals surface area contributed by atoms with Gasteiger partial charge in [0, 0.05) is 5.92 Å². The summed E-state index contributed by atoms with van der Waals surface area (Å²) in [6.45, 7) is 5.44. The summed E-state index contributed by atoms with van der Waals surface area (Å²) in [7, 11) is 0. The molecule has 0 unspecified atom stereocenters. The van der Waals surface area contributed by atoms with E-state index in [0.29, 0.717) is 6.42 Å². The average Bonchev–Trinajstić information content (AvgIpc) is 2.72. The van der Waals surface area contributed by atoms with Gasteiger partial charge in [0.1, 0.15) is 6.10 Å². The standard InChI is InChI=1S/C14H18BrF4NO/c1-3-4-8-12-11(10(2)20-21-12)7-5-6-9-13(16,17)14(15,18)19/h3,6,9,11-12H,1,4-5,7-8H2,2H3/b9-6+/t11-,12-/m0/s1. The van der Waals surface area contributed by atoms with Crippen LogP contribution >= 0.6 is 15.9 Å². The van der Waals surface area contributed by atoms with Crippen LogP contribution in [-0.4, -0.2) is 22.6 Å². The second-order valence-corrected chi connectivity index (χ2v) is 5.95. The Balaban J connectivity index is 2.50. The fourth-order valence-electron chi connectivity index (χ4n) is 2.09. The van der Waals surface area contributed by atoms with Crippen LogP contribution in [0.2, 0.25) is 0 Å². The van der Waals surface area contributed by atoms with E-state index in [2.05, 4.69) is 11.7 Å². The Hall–Kier alpha value is -0.850. The largest absolute Gasteiger partial charge is 0.392 e. The Morgan fingerprint density at radius 3 is 2.52 bits per heavy atom. The van der Waals surface area contributed by atoms with E-state index in [9.17, 15) is 17.6 Å². The molecule has 0 N–H and O–H groups in total. The van der Waals surface area contributed by atoms with Crippen molar-refractivity contribution in [2.45, 2.75) is 49.5 Å². The number of rotatable bonds is 8. The predicted molar refractivity (Wildman–Crippen MR) is 78.1 cm³/mol. The summed E-state index contributed by atoms with van der Waals surface area (Å²) in [5.41, 5.74) is 0.801.